The molecular formula is C20H26N2O4. The summed E-state index contributed by atoms with van der Waals surface area (Å²) < 4.78 is 16.7. The van der Waals surface area contributed by atoms with Gasteiger partial charge in [0, 0.05) is 25.9 Å². The van der Waals surface area contributed by atoms with Crippen molar-refractivity contribution in [1.29, 1.82) is 0 Å². The molecule has 0 aliphatic carbocycles. The predicted octanol–water partition coefficient (Wildman–Crippen LogP) is 4.34. The highest BCUT2D eigenvalue weighted by Gasteiger charge is 2.16. The summed E-state index contributed by atoms with van der Waals surface area (Å²) in [5, 5.41) is 2.84. The van der Waals surface area contributed by atoms with E-state index in [0.29, 0.717) is 31.2 Å². The molecule has 6 nitrogen and oxygen atoms in total. The van der Waals surface area contributed by atoms with Gasteiger partial charge >= 0.3 is 6.03 Å². The van der Waals surface area contributed by atoms with Crippen LogP contribution in [0.5, 0.6) is 11.5 Å². The number of ether oxygens (including phenoxy) is 3. The number of nitrogens with one attached hydrogen (secondary N) is 1. The molecule has 0 aliphatic rings. The Hall–Kier alpha value is -2.57. The lowest BCUT2D eigenvalue weighted by atomic mass is 10.3. The SMILES string of the molecule is CCOC(CN(C)C(=O)Nc1ccc(Oc2ccccc2)cc1)OCC. The third-order valence-electron chi connectivity index (χ3n) is 3.56. The van der Waals surface area contributed by atoms with Crippen LogP contribution in [-0.4, -0.2) is 44.0 Å². The first-order chi connectivity index (χ1) is 12.6. The molecule has 0 radical (unpaired) electrons. The van der Waals surface area contributed by atoms with Crippen LogP contribution in [0.15, 0.2) is 54.6 Å². The van der Waals surface area contributed by atoms with Gasteiger partial charge in [-0.05, 0) is 50.2 Å². The van der Waals surface area contributed by atoms with Gasteiger partial charge < -0.3 is 24.4 Å². The lowest BCUT2D eigenvalue weighted by Gasteiger charge is -2.24. The molecule has 0 unspecified atom stereocenters. The average Bonchev–Trinajstić information content (AvgIpc) is 2.64. The van der Waals surface area contributed by atoms with E-state index in [-0.39, 0.29) is 6.03 Å². The number of urea groups is 1. The highest BCUT2D eigenvalue weighted by molar-refractivity contribution is 5.89. The quantitative estimate of drug-likeness (QED) is 0.677. The van der Waals surface area contributed by atoms with E-state index in [1.807, 2.05) is 56.3 Å². The summed E-state index contributed by atoms with van der Waals surface area (Å²) >= 11 is 0. The summed E-state index contributed by atoms with van der Waals surface area (Å²) in [4.78, 5) is 13.8. The van der Waals surface area contributed by atoms with E-state index in [1.165, 1.54) is 4.90 Å². The van der Waals surface area contributed by atoms with Crippen LogP contribution in [0.25, 0.3) is 0 Å². The monoisotopic (exact) mass is 358 g/mol. The third-order valence-corrected chi connectivity index (χ3v) is 3.56. The van der Waals surface area contributed by atoms with E-state index in [1.54, 1.807) is 19.2 Å². The number of amides is 2. The van der Waals surface area contributed by atoms with Gasteiger partial charge in [-0.3, -0.25) is 0 Å². The number of carbonyl (C=O) groups is 1. The summed E-state index contributed by atoms with van der Waals surface area (Å²) in [5.74, 6) is 1.47. The zero-order valence-electron chi connectivity index (χ0n) is 15.5. The van der Waals surface area contributed by atoms with Crippen molar-refractivity contribution >= 4 is 11.7 Å². The van der Waals surface area contributed by atoms with Crippen molar-refractivity contribution in [2.75, 3.05) is 32.1 Å². The van der Waals surface area contributed by atoms with E-state index >= 15 is 0 Å². The van der Waals surface area contributed by atoms with Crippen LogP contribution in [0.2, 0.25) is 0 Å². The molecule has 2 aromatic carbocycles. The minimum Gasteiger partial charge on any atom is -0.457 e. The van der Waals surface area contributed by atoms with Gasteiger partial charge in [-0.25, -0.2) is 4.79 Å². The number of benzene rings is 2. The predicted molar refractivity (Wildman–Crippen MR) is 102 cm³/mol. The lowest BCUT2D eigenvalue weighted by molar-refractivity contribution is -0.141. The van der Waals surface area contributed by atoms with E-state index in [0.717, 1.165) is 5.75 Å². The maximum atomic E-state index is 12.3. The molecule has 2 amide bonds. The van der Waals surface area contributed by atoms with Crippen LogP contribution < -0.4 is 10.1 Å². The van der Waals surface area contributed by atoms with Crippen LogP contribution in [0.4, 0.5) is 10.5 Å². The molecule has 140 valence electrons. The van der Waals surface area contributed by atoms with Gasteiger partial charge in [0.25, 0.3) is 0 Å². The molecule has 0 saturated heterocycles. The molecule has 0 saturated carbocycles. The van der Waals surface area contributed by atoms with E-state index < -0.39 is 6.29 Å². The number of hydrogen-bond acceptors (Lipinski definition) is 4. The molecule has 0 heterocycles. The van der Waals surface area contributed by atoms with Crippen molar-refractivity contribution in [3.63, 3.8) is 0 Å². The Bertz CT molecular complexity index is 655. The molecule has 2 aromatic rings. The molecule has 0 bridgehead atoms. The molecule has 2 rings (SSSR count). The van der Waals surface area contributed by atoms with Gasteiger partial charge in [0.2, 0.25) is 0 Å². The zero-order chi connectivity index (χ0) is 18.8. The van der Waals surface area contributed by atoms with Crippen LogP contribution in [0.1, 0.15) is 13.8 Å². The van der Waals surface area contributed by atoms with Gasteiger partial charge in [0.15, 0.2) is 6.29 Å². The first-order valence-corrected chi connectivity index (χ1v) is 8.70. The molecule has 0 spiro atoms. The van der Waals surface area contributed by atoms with Crippen molar-refractivity contribution in [3.05, 3.63) is 54.6 Å². The van der Waals surface area contributed by atoms with Gasteiger partial charge in [-0.1, -0.05) is 18.2 Å². The van der Waals surface area contributed by atoms with Crippen molar-refractivity contribution < 1.29 is 19.0 Å². The highest BCUT2D eigenvalue weighted by Crippen LogP contribution is 2.22. The van der Waals surface area contributed by atoms with Crippen LogP contribution in [-0.2, 0) is 9.47 Å². The maximum absolute atomic E-state index is 12.3. The highest BCUT2D eigenvalue weighted by atomic mass is 16.7. The first kappa shape index (κ1) is 19.8. The number of carbonyl (C=O) groups excluding carboxylic acids is 1. The Balaban J connectivity index is 1.88. The Morgan fingerprint density at radius 2 is 1.54 bits per heavy atom. The molecule has 1 N–H and O–H groups in total. The Kier molecular flexibility index (Phi) is 7.92. The number of rotatable bonds is 9. The molecule has 0 atom stereocenters. The van der Waals surface area contributed by atoms with E-state index in [9.17, 15) is 4.79 Å². The maximum Gasteiger partial charge on any atom is 0.321 e. The smallest absolute Gasteiger partial charge is 0.321 e. The van der Waals surface area contributed by atoms with Crippen molar-refractivity contribution in [2.24, 2.45) is 0 Å². The van der Waals surface area contributed by atoms with Crippen molar-refractivity contribution in [3.8, 4) is 11.5 Å². The van der Waals surface area contributed by atoms with Gasteiger partial charge in [-0.2, -0.15) is 0 Å². The standard InChI is InChI=1S/C20H26N2O4/c1-4-24-19(25-5-2)15-22(3)20(23)21-16-11-13-18(14-12-16)26-17-9-7-6-8-10-17/h6-14,19H,4-5,15H2,1-3H3,(H,21,23). The summed E-state index contributed by atoms with van der Waals surface area (Å²) in [5.41, 5.74) is 0.687. The summed E-state index contributed by atoms with van der Waals surface area (Å²) in [6.07, 6.45) is -0.428. The Morgan fingerprint density at radius 1 is 0.962 bits per heavy atom. The molecular weight excluding hydrogens is 332 g/mol. The molecule has 6 heteroatoms. The summed E-state index contributed by atoms with van der Waals surface area (Å²) in [6, 6.07) is 16.5. The Morgan fingerprint density at radius 3 is 2.12 bits per heavy atom. The fourth-order valence-corrected chi connectivity index (χ4v) is 2.28. The minimum atomic E-state index is -0.428. The van der Waals surface area contributed by atoms with Crippen LogP contribution in [0, 0.1) is 0 Å². The van der Waals surface area contributed by atoms with Crippen molar-refractivity contribution in [2.45, 2.75) is 20.1 Å². The van der Waals surface area contributed by atoms with Crippen LogP contribution >= 0.6 is 0 Å². The van der Waals surface area contributed by atoms with Crippen molar-refractivity contribution in [1.82, 2.24) is 4.90 Å². The summed E-state index contributed by atoms with van der Waals surface area (Å²) in [7, 11) is 1.70. The summed E-state index contributed by atoms with van der Waals surface area (Å²) in [6.45, 7) is 5.20. The van der Waals surface area contributed by atoms with E-state index in [4.69, 9.17) is 14.2 Å². The first-order valence-electron chi connectivity index (χ1n) is 8.70. The lowest BCUT2D eigenvalue weighted by Crippen LogP contribution is -2.39. The Labute approximate surface area is 154 Å². The van der Waals surface area contributed by atoms with Gasteiger partial charge in [0.1, 0.15) is 11.5 Å². The number of para-hydroxylation sites is 1. The van der Waals surface area contributed by atoms with Crippen LogP contribution in [0.3, 0.4) is 0 Å². The topological polar surface area (TPSA) is 60.0 Å². The number of likely N-dealkylation sites (N-methyl/N-ethyl adjacent to an activating group) is 1. The normalized spacial score (nSPS) is 10.6. The second-order valence-electron chi connectivity index (χ2n) is 5.59. The van der Waals surface area contributed by atoms with Gasteiger partial charge in [-0.15, -0.1) is 0 Å². The fourth-order valence-electron chi connectivity index (χ4n) is 2.28. The molecule has 0 aliphatic heterocycles. The molecule has 0 aromatic heterocycles. The zero-order valence-corrected chi connectivity index (χ0v) is 15.5. The second-order valence-corrected chi connectivity index (χ2v) is 5.59. The fraction of sp³-hybridized carbons (Fsp3) is 0.350. The minimum absolute atomic E-state index is 0.230. The second kappa shape index (κ2) is 10.4. The number of hydrogen-bond donors (Lipinski definition) is 1. The van der Waals surface area contributed by atoms with Gasteiger partial charge in [0.05, 0.1) is 6.54 Å². The average molecular weight is 358 g/mol. The largest absolute Gasteiger partial charge is 0.457 e. The molecule has 26 heavy (non-hydrogen) atoms. The van der Waals surface area contributed by atoms with E-state index in [2.05, 4.69) is 5.32 Å². The third kappa shape index (κ3) is 6.38. The number of anilines is 1. The molecule has 0 fully saturated rings. The number of nitrogens with zero attached hydrogens (tertiary/aromatic N) is 1.